The third-order valence-corrected chi connectivity index (χ3v) is 2.94. The second kappa shape index (κ2) is 5.80. The SMILES string of the molecule is COCc1c(CCl)nnn1-c1ccc(C(F)(F)F)cc1. The molecule has 0 saturated carbocycles. The van der Waals surface area contributed by atoms with E-state index in [-0.39, 0.29) is 12.5 Å². The zero-order valence-electron chi connectivity index (χ0n) is 10.5. The van der Waals surface area contributed by atoms with E-state index in [0.29, 0.717) is 17.1 Å². The first-order valence-electron chi connectivity index (χ1n) is 5.63. The van der Waals surface area contributed by atoms with Gasteiger partial charge in [-0.1, -0.05) is 5.21 Å². The van der Waals surface area contributed by atoms with E-state index in [1.165, 1.54) is 23.9 Å². The Kier molecular flexibility index (Phi) is 4.29. The first-order valence-corrected chi connectivity index (χ1v) is 6.16. The largest absolute Gasteiger partial charge is 0.416 e. The molecule has 1 aromatic heterocycles. The van der Waals surface area contributed by atoms with Gasteiger partial charge in [-0.3, -0.25) is 0 Å². The second-order valence-electron chi connectivity index (χ2n) is 4.01. The van der Waals surface area contributed by atoms with Gasteiger partial charge < -0.3 is 4.74 Å². The molecule has 4 nitrogen and oxygen atoms in total. The molecule has 1 aromatic carbocycles. The Balaban J connectivity index is 2.39. The summed E-state index contributed by atoms with van der Waals surface area (Å²) in [6.45, 7) is 0.218. The third kappa shape index (κ3) is 2.94. The fourth-order valence-electron chi connectivity index (χ4n) is 1.72. The summed E-state index contributed by atoms with van der Waals surface area (Å²) < 4.78 is 44.0. The van der Waals surface area contributed by atoms with Gasteiger partial charge in [0.15, 0.2) is 0 Å². The number of methoxy groups -OCH3 is 1. The standard InChI is InChI=1S/C12H11ClF3N3O/c1-20-7-11-10(6-13)17-18-19(11)9-4-2-8(3-5-9)12(14,15)16/h2-5H,6-7H2,1H3. The number of hydrogen-bond donors (Lipinski definition) is 0. The van der Waals surface area contributed by atoms with Crippen LogP contribution in [0.25, 0.3) is 5.69 Å². The first-order chi connectivity index (χ1) is 9.47. The van der Waals surface area contributed by atoms with Crippen LogP contribution in [0.3, 0.4) is 0 Å². The average Bonchev–Trinajstić information content (AvgIpc) is 2.81. The van der Waals surface area contributed by atoms with Gasteiger partial charge in [0, 0.05) is 7.11 Å². The van der Waals surface area contributed by atoms with E-state index in [4.69, 9.17) is 16.3 Å². The highest BCUT2D eigenvalue weighted by molar-refractivity contribution is 6.16. The van der Waals surface area contributed by atoms with Crippen LogP contribution in [0.4, 0.5) is 13.2 Å². The number of aromatic nitrogens is 3. The molecule has 0 spiro atoms. The van der Waals surface area contributed by atoms with E-state index >= 15 is 0 Å². The van der Waals surface area contributed by atoms with E-state index in [2.05, 4.69) is 10.3 Å². The number of hydrogen-bond acceptors (Lipinski definition) is 3. The Morgan fingerprint density at radius 2 is 1.90 bits per heavy atom. The van der Waals surface area contributed by atoms with Gasteiger partial charge in [-0.2, -0.15) is 13.2 Å². The van der Waals surface area contributed by atoms with Gasteiger partial charge in [0.2, 0.25) is 0 Å². The minimum atomic E-state index is -4.36. The van der Waals surface area contributed by atoms with Crippen molar-refractivity contribution in [2.75, 3.05) is 7.11 Å². The minimum absolute atomic E-state index is 0.152. The molecule has 0 atom stereocenters. The van der Waals surface area contributed by atoms with Crippen LogP contribution in [0.2, 0.25) is 0 Å². The zero-order valence-corrected chi connectivity index (χ0v) is 11.2. The van der Waals surface area contributed by atoms with Gasteiger partial charge in [-0.25, -0.2) is 4.68 Å². The Morgan fingerprint density at radius 3 is 2.40 bits per heavy atom. The normalized spacial score (nSPS) is 11.8. The fraction of sp³-hybridized carbons (Fsp3) is 0.333. The summed E-state index contributed by atoms with van der Waals surface area (Å²) in [5, 5.41) is 7.77. The second-order valence-corrected chi connectivity index (χ2v) is 4.27. The molecular weight excluding hydrogens is 295 g/mol. The summed E-state index contributed by atoms with van der Waals surface area (Å²) in [4.78, 5) is 0. The fourth-order valence-corrected chi connectivity index (χ4v) is 1.92. The number of ether oxygens (including phenoxy) is 1. The van der Waals surface area contributed by atoms with Crippen molar-refractivity contribution >= 4 is 11.6 Å². The smallest absolute Gasteiger partial charge is 0.378 e. The molecule has 0 aliphatic carbocycles. The molecule has 0 amide bonds. The quantitative estimate of drug-likeness (QED) is 0.815. The van der Waals surface area contributed by atoms with Gasteiger partial charge in [0.25, 0.3) is 0 Å². The Morgan fingerprint density at radius 1 is 1.25 bits per heavy atom. The number of rotatable bonds is 4. The highest BCUT2D eigenvalue weighted by Gasteiger charge is 2.30. The summed E-state index contributed by atoms with van der Waals surface area (Å²) in [5.41, 5.74) is 0.900. The van der Waals surface area contributed by atoms with Crippen molar-refractivity contribution < 1.29 is 17.9 Å². The number of nitrogens with zero attached hydrogens (tertiary/aromatic N) is 3. The Bertz CT molecular complexity index is 581. The number of alkyl halides is 4. The molecule has 0 unspecified atom stereocenters. The lowest BCUT2D eigenvalue weighted by molar-refractivity contribution is -0.137. The van der Waals surface area contributed by atoms with Gasteiger partial charge in [-0.15, -0.1) is 16.7 Å². The molecule has 108 valence electrons. The van der Waals surface area contributed by atoms with Crippen molar-refractivity contribution in [3.8, 4) is 5.69 Å². The van der Waals surface area contributed by atoms with E-state index in [9.17, 15) is 13.2 Å². The molecule has 1 heterocycles. The molecule has 2 rings (SSSR count). The van der Waals surface area contributed by atoms with Gasteiger partial charge >= 0.3 is 6.18 Å². The van der Waals surface area contributed by atoms with E-state index in [1.807, 2.05) is 0 Å². The van der Waals surface area contributed by atoms with Gasteiger partial charge in [0.1, 0.15) is 5.69 Å². The van der Waals surface area contributed by atoms with Crippen LogP contribution < -0.4 is 0 Å². The summed E-state index contributed by atoms with van der Waals surface area (Å²) >= 11 is 5.73. The molecule has 0 fully saturated rings. The molecule has 0 radical (unpaired) electrons. The summed E-state index contributed by atoms with van der Waals surface area (Å²) in [7, 11) is 1.50. The van der Waals surface area contributed by atoms with Crippen LogP contribution in [0.5, 0.6) is 0 Å². The predicted octanol–water partition coefficient (Wildman–Crippen LogP) is 3.17. The van der Waals surface area contributed by atoms with Crippen LogP contribution in [-0.4, -0.2) is 22.1 Å². The molecule has 8 heteroatoms. The highest BCUT2D eigenvalue weighted by atomic mass is 35.5. The monoisotopic (exact) mass is 305 g/mol. The number of benzene rings is 1. The number of halogens is 4. The first kappa shape index (κ1) is 14.8. The van der Waals surface area contributed by atoms with E-state index in [1.54, 1.807) is 0 Å². The molecular formula is C12H11ClF3N3O. The van der Waals surface area contributed by atoms with E-state index < -0.39 is 11.7 Å². The maximum Gasteiger partial charge on any atom is 0.416 e. The molecule has 2 aromatic rings. The maximum absolute atomic E-state index is 12.5. The lowest BCUT2D eigenvalue weighted by atomic mass is 10.2. The summed E-state index contributed by atoms with van der Waals surface area (Å²) in [5.74, 6) is 0.152. The Labute approximate surface area is 118 Å². The molecule has 0 N–H and O–H groups in total. The third-order valence-electron chi connectivity index (χ3n) is 2.69. The van der Waals surface area contributed by atoms with Crippen LogP contribution in [0, 0.1) is 0 Å². The van der Waals surface area contributed by atoms with Crippen LogP contribution in [0.1, 0.15) is 17.0 Å². The van der Waals surface area contributed by atoms with Crippen molar-refractivity contribution in [1.29, 1.82) is 0 Å². The molecule has 0 saturated heterocycles. The van der Waals surface area contributed by atoms with Crippen molar-refractivity contribution in [2.45, 2.75) is 18.7 Å². The lowest BCUT2D eigenvalue weighted by Gasteiger charge is -2.09. The van der Waals surface area contributed by atoms with Crippen molar-refractivity contribution in [3.63, 3.8) is 0 Å². The van der Waals surface area contributed by atoms with Crippen molar-refractivity contribution in [3.05, 3.63) is 41.2 Å². The van der Waals surface area contributed by atoms with E-state index in [0.717, 1.165) is 12.1 Å². The maximum atomic E-state index is 12.5. The minimum Gasteiger partial charge on any atom is -0.378 e. The lowest BCUT2D eigenvalue weighted by Crippen LogP contribution is -2.07. The zero-order chi connectivity index (χ0) is 14.8. The molecule has 0 aliphatic heterocycles. The Hall–Kier alpha value is -1.60. The average molecular weight is 306 g/mol. The van der Waals surface area contributed by atoms with Crippen molar-refractivity contribution in [2.24, 2.45) is 0 Å². The van der Waals surface area contributed by atoms with Crippen LogP contribution in [-0.2, 0) is 23.4 Å². The van der Waals surface area contributed by atoms with Gasteiger partial charge in [0.05, 0.1) is 29.4 Å². The molecule has 0 bridgehead atoms. The van der Waals surface area contributed by atoms with Crippen LogP contribution in [0.15, 0.2) is 24.3 Å². The molecule has 0 aliphatic rings. The van der Waals surface area contributed by atoms with Crippen molar-refractivity contribution in [1.82, 2.24) is 15.0 Å². The predicted molar refractivity (Wildman–Crippen MR) is 66.6 cm³/mol. The molecule has 20 heavy (non-hydrogen) atoms. The van der Waals surface area contributed by atoms with Crippen LogP contribution >= 0.6 is 11.6 Å². The summed E-state index contributed by atoms with van der Waals surface area (Å²) in [6.07, 6.45) is -4.36. The summed E-state index contributed by atoms with van der Waals surface area (Å²) in [6, 6.07) is 4.64. The highest BCUT2D eigenvalue weighted by Crippen LogP contribution is 2.29. The topological polar surface area (TPSA) is 39.9 Å². The van der Waals surface area contributed by atoms with Gasteiger partial charge in [-0.05, 0) is 24.3 Å².